The van der Waals surface area contributed by atoms with Crippen LogP contribution < -0.4 is 0 Å². The third-order valence-electron chi connectivity index (χ3n) is 2.85. The summed E-state index contributed by atoms with van der Waals surface area (Å²) in [7, 11) is -4.05. The molecule has 112 valence electrons. The quantitative estimate of drug-likeness (QED) is 0.866. The third kappa shape index (κ3) is 3.51. The molecule has 0 spiro atoms. The van der Waals surface area contributed by atoms with Gasteiger partial charge < -0.3 is 5.11 Å². The van der Waals surface area contributed by atoms with Gasteiger partial charge in [-0.15, -0.1) is 0 Å². The second-order valence-corrected chi connectivity index (χ2v) is 6.45. The fourth-order valence-corrected chi connectivity index (χ4v) is 2.97. The maximum absolute atomic E-state index is 13.1. The van der Waals surface area contributed by atoms with Crippen LogP contribution in [0.15, 0.2) is 18.2 Å². The summed E-state index contributed by atoms with van der Waals surface area (Å²) >= 11 is 0. The Bertz CT molecular complexity index is 603. The van der Waals surface area contributed by atoms with Crippen LogP contribution in [0.2, 0.25) is 0 Å². The molecule has 0 saturated carbocycles. The molecule has 0 heterocycles. The van der Waals surface area contributed by atoms with Gasteiger partial charge in [-0.2, -0.15) is 4.31 Å². The molecule has 1 unspecified atom stereocenters. The number of aliphatic carboxylic acids is 1. The zero-order chi connectivity index (χ0) is 15.5. The summed E-state index contributed by atoms with van der Waals surface area (Å²) in [6.07, 6.45) is 0. The first kappa shape index (κ1) is 16.5. The number of carboxylic acids is 1. The van der Waals surface area contributed by atoms with E-state index in [0.29, 0.717) is 0 Å². The molecule has 0 radical (unpaired) electrons. The van der Waals surface area contributed by atoms with Gasteiger partial charge in [-0.1, -0.05) is 13.0 Å². The fraction of sp³-hybridized carbons (Fsp3) is 0.417. The second kappa shape index (κ2) is 6.27. The SMILES string of the molecule is CCN(Cc1ccc(F)c(F)c1)S(=O)(=O)C(C)C(=O)O. The highest BCUT2D eigenvalue weighted by molar-refractivity contribution is 7.90. The summed E-state index contributed by atoms with van der Waals surface area (Å²) in [5.41, 5.74) is 0.243. The molecule has 20 heavy (non-hydrogen) atoms. The molecule has 1 aromatic rings. The largest absolute Gasteiger partial charge is 0.480 e. The first-order valence-corrected chi connectivity index (χ1v) is 7.36. The standard InChI is InChI=1S/C12H15F2NO4S/c1-3-15(20(18,19)8(2)12(16)17)7-9-4-5-10(13)11(14)6-9/h4-6,8H,3,7H2,1-2H3,(H,16,17). The minimum absolute atomic E-state index is 0.0267. The molecule has 1 atom stereocenters. The van der Waals surface area contributed by atoms with Crippen LogP contribution >= 0.6 is 0 Å². The fourth-order valence-electron chi connectivity index (χ4n) is 1.57. The number of nitrogens with zero attached hydrogens (tertiary/aromatic N) is 1. The zero-order valence-corrected chi connectivity index (χ0v) is 11.8. The van der Waals surface area contributed by atoms with Crippen LogP contribution in [0.3, 0.4) is 0 Å². The predicted molar refractivity (Wildman–Crippen MR) is 68.5 cm³/mol. The summed E-state index contributed by atoms with van der Waals surface area (Å²) in [5.74, 6) is -3.57. The van der Waals surface area contributed by atoms with E-state index in [1.54, 1.807) is 0 Å². The highest BCUT2D eigenvalue weighted by Gasteiger charge is 2.33. The van der Waals surface area contributed by atoms with Crippen LogP contribution in [0.25, 0.3) is 0 Å². The van der Waals surface area contributed by atoms with Crippen molar-refractivity contribution in [2.45, 2.75) is 25.6 Å². The van der Waals surface area contributed by atoms with Gasteiger partial charge >= 0.3 is 5.97 Å². The van der Waals surface area contributed by atoms with E-state index in [1.165, 1.54) is 13.0 Å². The molecule has 0 aromatic heterocycles. The monoisotopic (exact) mass is 307 g/mol. The van der Waals surface area contributed by atoms with Gasteiger partial charge in [-0.05, 0) is 24.6 Å². The maximum Gasteiger partial charge on any atom is 0.323 e. The van der Waals surface area contributed by atoms with Crippen molar-refractivity contribution in [3.63, 3.8) is 0 Å². The molecule has 0 fully saturated rings. The average molecular weight is 307 g/mol. The first-order valence-electron chi connectivity index (χ1n) is 5.85. The molecular weight excluding hydrogens is 292 g/mol. The zero-order valence-electron chi connectivity index (χ0n) is 11.0. The molecule has 8 heteroatoms. The summed E-state index contributed by atoms with van der Waals surface area (Å²) < 4.78 is 50.9. The Hall–Kier alpha value is -1.54. The van der Waals surface area contributed by atoms with Crippen molar-refractivity contribution in [2.75, 3.05) is 6.54 Å². The normalized spacial score (nSPS) is 13.4. The molecule has 1 N–H and O–H groups in total. The molecule has 0 aliphatic carbocycles. The Kier molecular flexibility index (Phi) is 5.18. The summed E-state index contributed by atoms with van der Waals surface area (Å²) in [6.45, 7) is 2.41. The minimum Gasteiger partial charge on any atom is -0.480 e. The Labute approximate surface area is 115 Å². The lowest BCUT2D eigenvalue weighted by Gasteiger charge is -2.22. The molecule has 0 saturated heterocycles. The summed E-state index contributed by atoms with van der Waals surface area (Å²) in [5, 5.41) is 7.19. The molecule has 0 aliphatic heterocycles. The van der Waals surface area contributed by atoms with Crippen LogP contribution in [-0.4, -0.2) is 35.6 Å². The van der Waals surface area contributed by atoms with Crippen LogP contribution in [0.1, 0.15) is 19.4 Å². The first-order chi connectivity index (χ1) is 9.20. The van der Waals surface area contributed by atoms with Crippen LogP contribution in [-0.2, 0) is 21.4 Å². The van der Waals surface area contributed by atoms with E-state index in [1.807, 2.05) is 0 Å². The number of carboxylic acid groups (broad SMARTS) is 1. The number of rotatable bonds is 6. The lowest BCUT2D eigenvalue weighted by atomic mass is 10.2. The topological polar surface area (TPSA) is 74.7 Å². The van der Waals surface area contributed by atoms with Crippen molar-refractivity contribution in [2.24, 2.45) is 0 Å². The van der Waals surface area contributed by atoms with E-state index < -0.39 is 32.9 Å². The van der Waals surface area contributed by atoms with E-state index in [0.717, 1.165) is 23.4 Å². The molecule has 0 bridgehead atoms. The van der Waals surface area contributed by atoms with Gasteiger partial charge in [0.25, 0.3) is 0 Å². The molecule has 1 aromatic carbocycles. The van der Waals surface area contributed by atoms with Gasteiger partial charge in [0.1, 0.15) is 0 Å². The number of sulfonamides is 1. The minimum atomic E-state index is -4.05. The van der Waals surface area contributed by atoms with Gasteiger partial charge in [0, 0.05) is 13.1 Å². The Morgan fingerprint density at radius 1 is 1.35 bits per heavy atom. The number of carbonyl (C=O) groups is 1. The molecular formula is C12H15F2NO4S. The average Bonchev–Trinajstić information content (AvgIpc) is 2.38. The highest BCUT2D eigenvalue weighted by Crippen LogP contribution is 2.16. The summed E-state index contributed by atoms with van der Waals surface area (Å²) in [4.78, 5) is 10.8. The van der Waals surface area contributed by atoms with Crippen molar-refractivity contribution >= 4 is 16.0 Å². The van der Waals surface area contributed by atoms with Crippen molar-refractivity contribution < 1.29 is 27.1 Å². The molecule has 0 amide bonds. The van der Waals surface area contributed by atoms with Gasteiger partial charge in [-0.3, -0.25) is 4.79 Å². The molecule has 5 nitrogen and oxygen atoms in total. The Morgan fingerprint density at radius 3 is 2.40 bits per heavy atom. The number of hydrogen-bond donors (Lipinski definition) is 1. The smallest absolute Gasteiger partial charge is 0.323 e. The van der Waals surface area contributed by atoms with E-state index in [-0.39, 0.29) is 18.7 Å². The van der Waals surface area contributed by atoms with E-state index >= 15 is 0 Å². The second-order valence-electron chi connectivity index (χ2n) is 4.20. The maximum atomic E-state index is 13.1. The molecule has 0 aliphatic rings. The lowest BCUT2D eigenvalue weighted by Crippen LogP contribution is -2.40. The number of halogens is 2. The Morgan fingerprint density at radius 2 is 1.95 bits per heavy atom. The lowest BCUT2D eigenvalue weighted by molar-refractivity contribution is -0.136. The molecule has 1 rings (SSSR count). The van der Waals surface area contributed by atoms with Gasteiger partial charge in [-0.25, -0.2) is 17.2 Å². The van der Waals surface area contributed by atoms with Crippen LogP contribution in [0, 0.1) is 11.6 Å². The Balaban J connectivity index is 3.03. The van der Waals surface area contributed by atoms with E-state index in [2.05, 4.69) is 0 Å². The van der Waals surface area contributed by atoms with Crippen molar-refractivity contribution in [3.8, 4) is 0 Å². The van der Waals surface area contributed by atoms with Gasteiger partial charge in [0.15, 0.2) is 16.9 Å². The number of benzene rings is 1. The predicted octanol–water partition coefficient (Wildman–Crippen LogP) is 1.59. The highest BCUT2D eigenvalue weighted by atomic mass is 32.2. The van der Waals surface area contributed by atoms with Crippen molar-refractivity contribution in [1.82, 2.24) is 4.31 Å². The number of hydrogen-bond acceptors (Lipinski definition) is 3. The van der Waals surface area contributed by atoms with E-state index in [9.17, 15) is 22.0 Å². The van der Waals surface area contributed by atoms with Crippen molar-refractivity contribution in [1.29, 1.82) is 0 Å². The third-order valence-corrected chi connectivity index (χ3v) is 5.05. The van der Waals surface area contributed by atoms with Crippen LogP contribution in [0.5, 0.6) is 0 Å². The van der Waals surface area contributed by atoms with Crippen molar-refractivity contribution in [3.05, 3.63) is 35.4 Å². The van der Waals surface area contributed by atoms with Gasteiger partial charge in [0.05, 0.1) is 0 Å². The van der Waals surface area contributed by atoms with Gasteiger partial charge in [0.2, 0.25) is 10.0 Å². The van der Waals surface area contributed by atoms with E-state index in [4.69, 9.17) is 5.11 Å². The van der Waals surface area contributed by atoms with Crippen LogP contribution in [0.4, 0.5) is 8.78 Å². The summed E-state index contributed by atoms with van der Waals surface area (Å²) in [6, 6.07) is 3.03.